The van der Waals surface area contributed by atoms with Gasteiger partial charge in [0.1, 0.15) is 5.60 Å². The maximum atomic E-state index is 6.43. The second-order valence-electron chi connectivity index (χ2n) is 10.0. The number of fused-ring (bicyclic) bond motifs is 3. The number of rotatable bonds is 3. The van der Waals surface area contributed by atoms with Gasteiger partial charge in [-0.2, -0.15) is 0 Å². The molecule has 2 saturated heterocycles. The highest BCUT2D eigenvalue weighted by Gasteiger charge is 2.57. The van der Waals surface area contributed by atoms with Gasteiger partial charge < -0.3 is 15.4 Å². The first-order chi connectivity index (χ1) is 14.4. The normalized spacial score (nSPS) is 33.1. The van der Waals surface area contributed by atoms with Gasteiger partial charge in [0.25, 0.3) is 0 Å². The third-order valence-electron chi connectivity index (χ3n) is 7.62. The molecule has 4 heterocycles. The molecule has 6 rings (SSSR count). The van der Waals surface area contributed by atoms with Crippen molar-refractivity contribution in [3.63, 3.8) is 0 Å². The minimum absolute atomic E-state index is 0.169. The van der Waals surface area contributed by atoms with Crippen molar-refractivity contribution in [3.05, 3.63) is 59.5 Å². The lowest BCUT2D eigenvalue weighted by Gasteiger charge is -2.26. The third kappa shape index (κ3) is 2.63. The molecule has 0 amide bonds. The molecule has 3 atom stereocenters. The average molecular weight is 404 g/mol. The maximum Gasteiger partial charge on any atom is 0.183 e. The molecule has 0 radical (unpaired) electrons. The Morgan fingerprint density at radius 3 is 2.67 bits per heavy atom. The first-order valence-electron chi connectivity index (χ1n) is 11.0. The van der Waals surface area contributed by atoms with Gasteiger partial charge in [0.05, 0.1) is 18.5 Å². The number of nitrogens with zero attached hydrogens (tertiary/aromatic N) is 4. The standard InChI is InChI=1S/C24H29N5O/c1-17-12-19(28-11-10-22(2,15-28)18-6-4-3-5-7-18)13-29-20(17)26-21(27-29)24-9-8-23(25,14-24)16-30-24/h3-7,12-13H,8-11,14-16,25H2,1-2H3/t22-,23?,24?/m0/s1. The highest BCUT2D eigenvalue weighted by atomic mass is 16.5. The Bertz CT molecular complexity index is 1120. The number of pyridine rings is 1. The molecule has 156 valence electrons. The molecule has 2 bridgehead atoms. The van der Waals surface area contributed by atoms with E-state index in [2.05, 4.69) is 61.3 Å². The van der Waals surface area contributed by atoms with Crippen molar-refractivity contribution in [1.29, 1.82) is 0 Å². The molecule has 1 aromatic carbocycles. The van der Waals surface area contributed by atoms with Crippen LogP contribution in [-0.4, -0.2) is 39.8 Å². The molecular weight excluding hydrogens is 374 g/mol. The van der Waals surface area contributed by atoms with E-state index in [1.165, 1.54) is 11.3 Å². The van der Waals surface area contributed by atoms with Crippen LogP contribution >= 0.6 is 0 Å². The summed E-state index contributed by atoms with van der Waals surface area (Å²) in [5.41, 5.74) is 10.7. The SMILES string of the molecule is Cc1cc(N2CC[C@](C)(c3ccccc3)C2)cn2nc(C34CCC(N)(CO3)C4)nc12. The van der Waals surface area contributed by atoms with Crippen LogP contribution in [0, 0.1) is 6.92 Å². The summed E-state index contributed by atoms with van der Waals surface area (Å²) in [5.74, 6) is 0.795. The van der Waals surface area contributed by atoms with E-state index in [4.69, 9.17) is 20.6 Å². The van der Waals surface area contributed by atoms with E-state index < -0.39 is 5.60 Å². The van der Waals surface area contributed by atoms with Crippen LogP contribution in [0.2, 0.25) is 0 Å². The van der Waals surface area contributed by atoms with Crippen LogP contribution in [0.25, 0.3) is 5.65 Å². The highest BCUT2D eigenvalue weighted by Crippen LogP contribution is 2.51. The lowest BCUT2D eigenvalue weighted by atomic mass is 9.82. The summed E-state index contributed by atoms with van der Waals surface area (Å²) in [7, 11) is 0. The van der Waals surface area contributed by atoms with E-state index in [1.54, 1.807) is 0 Å². The van der Waals surface area contributed by atoms with Gasteiger partial charge in [0, 0.05) is 30.5 Å². The van der Waals surface area contributed by atoms with Crippen molar-refractivity contribution < 1.29 is 4.74 Å². The van der Waals surface area contributed by atoms with Gasteiger partial charge in [0.2, 0.25) is 0 Å². The number of aryl methyl sites for hydroxylation is 1. The topological polar surface area (TPSA) is 68.7 Å². The molecule has 2 aromatic heterocycles. The van der Waals surface area contributed by atoms with E-state index in [9.17, 15) is 0 Å². The fourth-order valence-corrected chi connectivity index (χ4v) is 5.73. The van der Waals surface area contributed by atoms with Gasteiger partial charge in [-0.05, 0) is 43.4 Å². The van der Waals surface area contributed by atoms with E-state index in [1.807, 2.05) is 4.52 Å². The van der Waals surface area contributed by atoms with E-state index in [0.717, 1.165) is 55.8 Å². The smallest absolute Gasteiger partial charge is 0.183 e. The largest absolute Gasteiger partial charge is 0.369 e. The molecule has 6 heteroatoms. The summed E-state index contributed by atoms with van der Waals surface area (Å²) in [5, 5.41) is 4.88. The number of ether oxygens (including phenoxy) is 1. The third-order valence-corrected chi connectivity index (χ3v) is 7.62. The Morgan fingerprint density at radius 1 is 1.13 bits per heavy atom. The van der Waals surface area contributed by atoms with Crippen molar-refractivity contribution in [2.75, 3.05) is 24.6 Å². The first-order valence-corrected chi connectivity index (χ1v) is 11.0. The molecule has 3 aromatic rings. The molecule has 3 fully saturated rings. The fraction of sp³-hybridized carbons (Fsp3) is 0.500. The quantitative estimate of drug-likeness (QED) is 0.727. The Kier molecular flexibility index (Phi) is 3.70. The van der Waals surface area contributed by atoms with Crippen molar-refractivity contribution in [2.24, 2.45) is 5.73 Å². The van der Waals surface area contributed by atoms with Gasteiger partial charge >= 0.3 is 0 Å². The van der Waals surface area contributed by atoms with Gasteiger partial charge in [-0.1, -0.05) is 37.3 Å². The molecule has 1 aliphatic carbocycles. The summed E-state index contributed by atoms with van der Waals surface area (Å²) in [4.78, 5) is 7.37. The van der Waals surface area contributed by atoms with Gasteiger partial charge in [-0.15, -0.1) is 5.10 Å². The van der Waals surface area contributed by atoms with Crippen LogP contribution in [0.3, 0.4) is 0 Å². The predicted octanol–water partition coefficient (Wildman–Crippen LogP) is 3.31. The zero-order chi connectivity index (χ0) is 20.6. The van der Waals surface area contributed by atoms with Crippen molar-refractivity contribution in [2.45, 2.75) is 56.1 Å². The maximum absolute atomic E-state index is 6.43. The summed E-state index contributed by atoms with van der Waals surface area (Å²) in [6.45, 7) is 7.15. The molecule has 0 spiro atoms. The van der Waals surface area contributed by atoms with Crippen LogP contribution in [0.15, 0.2) is 42.6 Å². The van der Waals surface area contributed by atoms with Gasteiger partial charge in [0.15, 0.2) is 11.5 Å². The highest BCUT2D eigenvalue weighted by molar-refractivity contribution is 5.58. The summed E-state index contributed by atoms with van der Waals surface area (Å²) < 4.78 is 8.08. The minimum atomic E-state index is -0.396. The van der Waals surface area contributed by atoms with E-state index in [-0.39, 0.29) is 11.0 Å². The summed E-state index contributed by atoms with van der Waals surface area (Å²) >= 11 is 0. The van der Waals surface area contributed by atoms with Crippen molar-refractivity contribution in [3.8, 4) is 0 Å². The molecule has 2 aliphatic heterocycles. The van der Waals surface area contributed by atoms with Crippen molar-refractivity contribution in [1.82, 2.24) is 14.6 Å². The molecule has 2 unspecified atom stereocenters. The number of hydrogen-bond acceptors (Lipinski definition) is 5. The minimum Gasteiger partial charge on any atom is -0.369 e. The molecule has 2 N–H and O–H groups in total. The van der Waals surface area contributed by atoms with Crippen molar-refractivity contribution >= 4 is 11.3 Å². The molecule has 6 nitrogen and oxygen atoms in total. The fourth-order valence-electron chi connectivity index (χ4n) is 5.73. The molecule has 30 heavy (non-hydrogen) atoms. The lowest BCUT2D eigenvalue weighted by molar-refractivity contribution is -0.0295. The van der Waals surface area contributed by atoms with E-state index >= 15 is 0 Å². The number of aromatic nitrogens is 3. The summed E-state index contributed by atoms with van der Waals surface area (Å²) in [6.07, 6.45) is 5.99. The Balaban J connectivity index is 1.33. The number of benzene rings is 1. The Hall–Kier alpha value is -2.44. The van der Waals surface area contributed by atoms with Gasteiger partial charge in [-0.25, -0.2) is 9.50 Å². The van der Waals surface area contributed by atoms with Crippen LogP contribution < -0.4 is 10.6 Å². The zero-order valence-electron chi connectivity index (χ0n) is 17.8. The second kappa shape index (κ2) is 6.05. The second-order valence-corrected chi connectivity index (χ2v) is 10.0. The summed E-state index contributed by atoms with van der Waals surface area (Å²) in [6, 6.07) is 13.1. The zero-order valence-corrected chi connectivity index (χ0v) is 17.8. The number of anilines is 1. The number of nitrogens with two attached hydrogens (primary N) is 1. The number of hydrogen-bond donors (Lipinski definition) is 1. The molecule has 1 saturated carbocycles. The lowest BCUT2D eigenvalue weighted by Crippen LogP contribution is -2.38. The first kappa shape index (κ1) is 18.3. The molecular formula is C24H29N5O. The molecule has 3 aliphatic rings. The Labute approximate surface area is 177 Å². The average Bonchev–Trinajstić information content (AvgIpc) is 3.50. The van der Waals surface area contributed by atoms with Crippen LogP contribution in [0.1, 0.15) is 49.6 Å². The van der Waals surface area contributed by atoms with Crippen LogP contribution in [0.4, 0.5) is 5.69 Å². The van der Waals surface area contributed by atoms with E-state index in [0.29, 0.717) is 6.61 Å². The Morgan fingerprint density at radius 2 is 1.97 bits per heavy atom. The predicted molar refractivity (Wildman–Crippen MR) is 117 cm³/mol. The monoisotopic (exact) mass is 403 g/mol. The van der Waals surface area contributed by atoms with Crippen LogP contribution in [-0.2, 0) is 15.8 Å². The van der Waals surface area contributed by atoms with Gasteiger partial charge in [-0.3, -0.25) is 0 Å². The van der Waals surface area contributed by atoms with Crippen LogP contribution in [0.5, 0.6) is 0 Å².